The summed E-state index contributed by atoms with van der Waals surface area (Å²) in [6.07, 6.45) is 1.32. The van der Waals surface area contributed by atoms with Crippen molar-refractivity contribution in [3.63, 3.8) is 0 Å². The van der Waals surface area contributed by atoms with Crippen LogP contribution in [-0.4, -0.2) is 31.1 Å². The van der Waals surface area contributed by atoms with Crippen LogP contribution in [0.2, 0.25) is 0 Å². The highest BCUT2D eigenvalue weighted by Gasteiger charge is 2.33. The fourth-order valence-electron chi connectivity index (χ4n) is 3.69. The Morgan fingerprint density at radius 2 is 2.10 bits per heavy atom. The summed E-state index contributed by atoms with van der Waals surface area (Å²) >= 11 is 0. The van der Waals surface area contributed by atoms with E-state index in [0.29, 0.717) is 25.2 Å². The summed E-state index contributed by atoms with van der Waals surface area (Å²) in [5.41, 5.74) is 8.68. The van der Waals surface area contributed by atoms with Crippen LogP contribution in [0.4, 0.5) is 0 Å². The minimum Gasteiger partial charge on any atom is -0.380 e. The second-order valence-electron chi connectivity index (χ2n) is 6.69. The maximum absolute atomic E-state index is 6.14. The minimum absolute atomic E-state index is 0.307. The SMILES string of the molecule is COCc1cccc(C(CN)N2CC(C)CC(C)C2C)c1. The van der Waals surface area contributed by atoms with Crippen molar-refractivity contribution in [2.45, 2.75) is 45.9 Å². The third-order valence-corrected chi connectivity index (χ3v) is 4.91. The molecule has 4 unspecified atom stereocenters. The number of benzene rings is 1. The Morgan fingerprint density at radius 1 is 1.33 bits per heavy atom. The van der Waals surface area contributed by atoms with E-state index >= 15 is 0 Å². The summed E-state index contributed by atoms with van der Waals surface area (Å²) in [4.78, 5) is 2.60. The Morgan fingerprint density at radius 3 is 2.76 bits per heavy atom. The lowest BCUT2D eigenvalue weighted by atomic mass is 9.84. The number of hydrogen-bond acceptors (Lipinski definition) is 3. The van der Waals surface area contributed by atoms with Gasteiger partial charge < -0.3 is 10.5 Å². The van der Waals surface area contributed by atoms with Gasteiger partial charge in [0.25, 0.3) is 0 Å². The molecule has 0 saturated carbocycles. The molecule has 1 saturated heterocycles. The molecule has 2 rings (SSSR count). The first-order chi connectivity index (χ1) is 10.1. The van der Waals surface area contributed by atoms with Gasteiger partial charge in [-0.2, -0.15) is 0 Å². The first kappa shape index (κ1) is 16.5. The molecule has 0 spiro atoms. The van der Waals surface area contributed by atoms with Gasteiger partial charge in [-0.15, -0.1) is 0 Å². The van der Waals surface area contributed by atoms with Crippen LogP contribution in [0, 0.1) is 11.8 Å². The predicted octanol–water partition coefficient (Wildman–Crippen LogP) is 3.20. The first-order valence-electron chi connectivity index (χ1n) is 8.10. The van der Waals surface area contributed by atoms with Crippen LogP contribution >= 0.6 is 0 Å². The Bertz CT molecular complexity index is 449. The monoisotopic (exact) mass is 290 g/mol. The molecule has 0 amide bonds. The van der Waals surface area contributed by atoms with E-state index in [0.717, 1.165) is 18.4 Å². The average molecular weight is 290 g/mol. The molecule has 3 heteroatoms. The summed E-state index contributed by atoms with van der Waals surface area (Å²) in [5.74, 6) is 1.47. The van der Waals surface area contributed by atoms with Crippen molar-refractivity contribution in [3.8, 4) is 0 Å². The van der Waals surface area contributed by atoms with E-state index in [2.05, 4.69) is 49.9 Å². The van der Waals surface area contributed by atoms with Gasteiger partial charge in [0.1, 0.15) is 0 Å². The largest absolute Gasteiger partial charge is 0.380 e. The van der Waals surface area contributed by atoms with E-state index in [-0.39, 0.29) is 0 Å². The maximum atomic E-state index is 6.14. The summed E-state index contributed by atoms with van der Waals surface area (Å²) in [5, 5.41) is 0. The molecule has 21 heavy (non-hydrogen) atoms. The van der Waals surface area contributed by atoms with Crippen LogP contribution in [0.5, 0.6) is 0 Å². The zero-order chi connectivity index (χ0) is 15.4. The molecule has 0 bridgehead atoms. The van der Waals surface area contributed by atoms with Gasteiger partial charge in [-0.3, -0.25) is 4.90 Å². The molecule has 1 heterocycles. The third kappa shape index (κ3) is 3.85. The van der Waals surface area contributed by atoms with Crippen molar-refractivity contribution >= 4 is 0 Å². The van der Waals surface area contributed by atoms with Gasteiger partial charge in [0.15, 0.2) is 0 Å². The number of nitrogens with two attached hydrogens (primary N) is 1. The van der Waals surface area contributed by atoms with Gasteiger partial charge in [0, 0.05) is 32.3 Å². The normalized spacial score (nSPS) is 28.5. The summed E-state index contributed by atoms with van der Waals surface area (Å²) < 4.78 is 5.25. The number of ether oxygens (including phenoxy) is 1. The smallest absolute Gasteiger partial charge is 0.0713 e. The fraction of sp³-hybridized carbons (Fsp3) is 0.667. The Hall–Kier alpha value is -0.900. The zero-order valence-corrected chi connectivity index (χ0v) is 13.9. The topological polar surface area (TPSA) is 38.5 Å². The lowest BCUT2D eigenvalue weighted by Gasteiger charge is -2.45. The molecule has 1 aromatic carbocycles. The highest BCUT2D eigenvalue weighted by molar-refractivity contribution is 5.26. The van der Waals surface area contributed by atoms with E-state index in [1.165, 1.54) is 17.5 Å². The molecular formula is C18H30N2O. The molecule has 118 valence electrons. The van der Waals surface area contributed by atoms with E-state index < -0.39 is 0 Å². The number of likely N-dealkylation sites (tertiary alicyclic amines) is 1. The highest BCUT2D eigenvalue weighted by Crippen LogP contribution is 2.33. The molecule has 2 N–H and O–H groups in total. The van der Waals surface area contributed by atoms with Gasteiger partial charge in [-0.25, -0.2) is 0 Å². The molecule has 3 nitrogen and oxygen atoms in total. The number of rotatable bonds is 5. The standard InChI is InChI=1S/C18H30N2O/c1-13-8-14(2)15(3)20(11-13)18(10-19)17-7-5-6-16(9-17)12-21-4/h5-7,9,13-15,18H,8,10-12,19H2,1-4H3. The quantitative estimate of drug-likeness (QED) is 0.905. The van der Waals surface area contributed by atoms with Crippen LogP contribution in [0.3, 0.4) is 0 Å². The van der Waals surface area contributed by atoms with E-state index in [4.69, 9.17) is 10.5 Å². The van der Waals surface area contributed by atoms with Crippen LogP contribution in [0.1, 0.15) is 44.4 Å². The number of nitrogens with zero attached hydrogens (tertiary/aromatic N) is 1. The molecule has 0 aliphatic carbocycles. The van der Waals surface area contributed by atoms with Gasteiger partial charge in [-0.1, -0.05) is 38.1 Å². The lowest BCUT2D eigenvalue weighted by Crippen LogP contribution is -2.49. The second-order valence-corrected chi connectivity index (χ2v) is 6.69. The minimum atomic E-state index is 0.307. The molecule has 1 aromatic rings. The second kappa shape index (κ2) is 7.39. The van der Waals surface area contributed by atoms with Crippen LogP contribution in [-0.2, 0) is 11.3 Å². The van der Waals surface area contributed by atoms with Gasteiger partial charge in [-0.05, 0) is 36.3 Å². The summed E-state index contributed by atoms with van der Waals surface area (Å²) in [7, 11) is 1.74. The average Bonchev–Trinajstić information content (AvgIpc) is 2.45. The summed E-state index contributed by atoms with van der Waals surface area (Å²) in [6.45, 7) is 9.53. The lowest BCUT2D eigenvalue weighted by molar-refractivity contribution is 0.0424. The van der Waals surface area contributed by atoms with E-state index in [1.54, 1.807) is 7.11 Å². The highest BCUT2D eigenvalue weighted by atomic mass is 16.5. The first-order valence-corrected chi connectivity index (χ1v) is 8.10. The number of piperidine rings is 1. The van der Waals surface area contributed by atoms with Gasteiger partial charge >= 0.3 is 0 Å². The Kier molecular flexibility index (Phi) is 5.80. The molecule has 1 fully saturated rings. The predicted molar refractivity (Wildman–Crippen MR) is 88.1 cm³/mol. The Balaban J connectivity index is 2.23. The van der Waals surface area contributed by atoms with Crippen molar-refractivity contribution in [3.05, 3.63) is 35.4 Å². The van der Waals surface area contributed by atoms with Crippen molar-refractivity contribution in [2.75, 3.05) is 20.2 Å². The number of methoxy groups -OCH3 is 1. The fourth-order valence-corrected chi connectivity index (χ4v) is 3.69. The molecule has 1 aliphatic heterocycles. The molecular weight excluding hydrogens is 260 g/mol. The van der Waals surface area contributed by atoms with Crippen molar-refractivity contribution < 1.29 is 4.74 Å². The van der Waals surface area contributed by atoms with Crippen LogP contribution in [0.25, 0.3) is 0 Å². The summed E-state index contributed by atoms with van der Waals surface area (Å²) in [6, 6.07) is 9.58. The maximum Gasteiger partial charge on any atom is 0.0713 e. The van der Waals surface area contributed by atoms with E-state index in [9.17, 15) is 0 Å². The van der Waals surface area contributed by atoms with Crippen molar-refractivity contribution in [1.82, 2.24) is 4.90 Å². The zero-order valence-electron chi connectivity index (χ0n) is 13.9. The van der Waals surface area contributed by atoms with Crippen molar-refractivity contribution in [2.24, 2.45) is 17.6 Å². The van der Waals surface area contributed by atoms with Crippen LogP contribution in [0.15, 0.2) is 24.3 Å². The molecule has 1 aliphatic rings. The molecule has 0 radical (unpaired) electrons. The van der Waals surface area contributed by atoms with Crippen LogP contribution < -0.4 is 5.73 Å². The Labute approximate surface area is 129 Å². The van der Waals surface area contributed by atoms with Gasteiger partial charge in [0.2, 0.25) is 0 Å². The van der Waals surface area contributed by atoms with Gasteiger partial charge in [0.05, 0.1) is 6.61 Å². The third-order valence-electron chi connectivity index (χ3n) is 4.91. The number of hydrogen-bond donors (Lipinski definition) is 1. The molecule has 4 atom stereocenters. The molecule has 0 aromatic heterocycles. The van der Waals surface area contributed by atoms with E-state index in [1.807, 2.05) is 0 Å². The van der Waals surface area contributed by atoms with Crippen molar-refractivity contribution in [1.29, 1.82) is 0 Å².